The molecule has 0 amide bonds. The van der Waals surface area contributed by atoms with Gasteiger partial charge in [-0.1, -0.05) is 17.8 Å². The first-order valence-electron chi connectivity index (χ1n) is 13.6. The number of fused-ring (bicyclic) bond motifs is 4. The van der Waals surface area contributed by atoms with Gasteiger partial charge in [0.15, 0.2) is 10.9 Å². The highest BCUT2D eigenvalue weighted by Gasteiger charge is 2.41. The molecule has 14 heteroatoms. The summed E-state index contributed by atoms with van der Waals surface area (Å²) >= 11 is 0.762. The first-order valence-corrected chi connectivity index (χ1v) is 14.4. The second kappa shape index (κ2) is 9.60. The van der Waals surface area contributed by atoms with Crippen molar-refractivity contribution in [1.29, 1.82) is 5.26 Å². The highest BCUT2D eigenvalue weighted by molar-refractivity contribution is 7.22. The number of ether oxygens (including phenoxy) is 1. The maximum absolute atomic E-state index is 16.6. The Balaban J connectivity index is 1.46. The fourth-order valence-electron chi connectivity index (χ4n) is 6.24. The largest absolute Gasteiger partial charge is 0.462 e. The van der Waals surface area contributed by atoms with Gasteiger partial charge >= 0.3 is 12.2 Å². The number of hydrogen-bond donors (Lipinski definition) is 2. The molecule has 4 aromatic rings. The Kier molecular flexibility index (Phi) is 6.18. The summed E-state index contributed by atoms with van der Waals surface area (Å²) < 4.78 is 80.9. The molecule has 2 unspecified atom stereocenters. The van der Waals surface area contributed by atoms with E-state index in [0.717, 1.165) is 48.8 Å². The summed E-state index contributed by atoms with van der Waals surface area (Å²) in [5.74, 6) is -1.86. The molecule has 3 fully saturated rings. The van der Waals surface area contributed by atoms with Crippen LogP contribution in [0.4, 0.5) is 32.9 Å². The van der Waals surface area contributed by atoms with Crippen LogP contribution in [0.1, 0.15) is 37.7 Å². The maximum atomic E-state index is 16.6. The van der Waals surface area contributed by atoms with Crippen LogP contribution in [0.15, 0.2) is 18.2 Å². The molecule has 2 atom stereocenters. The van der Waals surface area contributed by atoms with Gasteiger partial charge in [-0.25, -0.2) is 13.8 Å². The average Bonchev–Trinajstić information content (AvgIpc) is 3.49. The number of aromatic nitrogens is 3. The molecule has 42 heavy (non-hydrogen) atoms. The topological polar surface area (TPSA) is 113 Å². The molecular formula is C28H24F5N7OS. The summed E-state index contributed by atoms with van der Waals surface area (Å²) in [5.41, 5.74) is 2.17. The summed E-state index contributed by atoms with van der Waals surface area (Å²) in [6, 6.07) is 5.15. The average molecular weight is 602 g/mol. The Morgan fingerprint density at radius 1 is 1.12 bits per heavy atom. The van der Waals surface area contributed by atoms with Crippen LogP contribution in [0.5, 0.6) is 6.01 Å². The molecular weight excluding hydrogens is 577 g/mol. The fourth-order valence-corrected chi connectivity index (χ4v) is 7.01. The summed E-state index contributed by atoms with van der Waals surface area (Å²) in [6.07, 6.45) is -1.03. The molecule has 0 spiro atoms. The number of benzene rings is 2. The summed E-state index contributed by atoms with van der Waals surface area (Å²) in [7, 11) is 0. The van der Waals surface area contributed by atoms with Crippen molar-refractivity contribution >= 4 is 43.4 Å². The van der Waals surface area contributed by atoms with Gasteiger partial charge in [-0.3, -0.25) is 0 Å². The van der Waals surface area contributed by atoms with Crippen LogP contribution in [0.25, 0.3) is 32.2 Å². The normalized spacial score (nSPS) is 21.5. The monoisotopic (exact) mass is 601 g/mol. The number of nitrogen functional groups attached to an aromatic ring is 1. The van der Waals surface area contributed by atoms with E-state index in [9.17, 15) is 22.8 Å². The lowest BCUT2D eigenvalue weighted by Crippen LogP contribution is -2.51. The van der Waals surface area contributed by atoms with Crippen LogP contribution in [-0.2, 0) is 6.18 Å². The van der Waals surface area contributed by atoms with E-state index in [2.05, 4.69) is 26.3 Å². The Bertz CT molecular complexity index is 1770. The Morgan fingerprint density at radius 3 is 2.50 bits per heavy atom. The number of piperazine rings is 1. The molecule has 2 aliphatic heterocycles. The quantitative estimate of drug-likeness (QED) is 0.276. The highest BCUT2D eigenvalue weighted by Crippen LogP contribution is 2.46. The Hall–Kier alpha value is -3.83. The summed E-state index contributed by atoms with van der Waals surface area (Å²) in [6.45, 7) is 0.907. The van der Waals surface area contributed by atoms with Crippen molar-refractivity contribution in [2.45, 2.75) is 50.4 Å². The molecule has 1 aliphatic carbocycles. The highest BCUT2D eigenvalue weighted by atomic mass is 32.1. The van der Waals surface area contributed by atoms with Gasteiger partial charge in [0.2, 0.25) is 0 Å². The van der Waals surface area contributed by atoms with E-state index in [0.29, 0.717) is 25.9 Å². The minimum absolute atomic E-state index is 0.0208. The third-order valence-corrected chi connectivity index (χ3v) is 9.41. The summed E-state index contributed by atoms with van der Waals surface area (Å²) in [5, 5.41) is 12.9. The van der Waals surface area contributed by atoms with Gasteiger partial charge in [-0.15, -0.1) is 0 Å². The van der Waals surface area contributed by atoms with Crippen molar-refractivity contribution in [3.05, 3.63) is 35.4 Å². The lowest BCUT2D eigenvalue weighted by Gasteiger charge is -2.35. The van der Waals surface area contributed by atoms with E-state index < -0.39 is 34.4 Å². The van der Waals surface area contributed by atoms with Gasteiger partial charge in [-0.05, 0) is 43.9 Å². The van der Waals surface area contributed by atoms with Gasteiger partial charge in [0, 0.05) is 41.7 Å². The predicted octanol–water partition coefficient (Wildman–Crippen LogP) is 5.80. The van der Waals surface area contributed by atoms with E-state index in [1.807, 2.05) is 4.90 Å². The number of rotatable bonds is 5. The number of nitrogens with one attached hydrogen (secondary N) is 1. The van der Waals surface area contributed by atoms with Gasteiger partial charge in [0.05, 0.1) is 27.3 Å². The van der Waals surface area contributed by atoms with E-state index in [1.54, 1.807) is 0 Å². The second-order valence-electron chi connectivity index (χ2n) is 11.2. The van der Waals surface area contributed by atoms with Crippen molar-refractivity contribution in [3.8, 4) is 23.2 Å². The first kappa shape index (κ1) is 27.0. The number of alkyl halides is 3. The Morgan fingerprint density at radius 2 is 1.86 bits per heavy atom. The van der Waals surface area contributed by atoms with Gasteiger partial charge in [0.25, 0.3) is 0 Å². The molecule has 1 saturated carbocycles. The molecule has 2 saturated heterocycles. The van der Waals surface area contributed by atoms with Crippen molar-refractivity contribution in [2.75, 3.05) is 30.3 Å². The van der Waals surface area contributed by atoms with Crippen molar-refractivity contribution < 1.29 is 26.7 Å². The smallest absolute Gasteiger partial charge is 0.417 e. The Labute approximate surface area is 240 Å². The van der Waals surface area contributed by atoms with E-state index in [4.69, 9.17) is 10.5 Å². The maximum Gasteiger partial charge on any atom is 0.417 e. The molecule has 2 aromatic carbocycles. The van der Waals surface area contributed by atoms with Crippen molar-refractivity contribution in [1.82, 2.24) is 20.3 Å². The fraction of sp³-hybridized carbons (Fsp3) is 0.429. The zero-order valence-corrected chi connectivity index (χ0v) is 22.9. The van der Waals surface area contributed by atoms with Gasteiger partial charge in [-0.2, -0.15) is 28.4 Å². The van der Waals surface area contributed by atoms with Crippen LogP contribution in [0.2, 0.25) is 0 Å². The number of nitrogens with two attached hydrogens (primary N) is 1. The minimum atomic E-state index is -4.98. The van der Waals surface area contributed by atoms with Crippen LogP contribution in [0.3, 0.4) is 0 Å². The van der Waals surface area contributed by atoms with Gasteiger partial charge < -0.3 is 20.7 Å². The number of nitriles is 1. The summed E-state index contributed by atoms with van der Waals surface area (Å²) in [4.78, 5) is 14.6. The molecule has 218 valence electrons. The zero-order chi connectivity index (χ0) is 29.4. The standard InChI is InChI=1S/C28H24F5N7OS/c29-18-5-4-15(22-23(18)42-25(35)37-22)19-17(28(31,32)33)8-16-21(20(19)30)38-26(41-12-27(11-34)6-1-7-27)39-24(16)40-9-13-2-3-14(10-40)36-13/h4-5,8,13-14,36H,1-3,6-7,9-10,12H2,(H2,35,37). The molecule has 2 aromatic heterocycles. The predicted molar refractivity (Wildman–Crippen MR) is 147 cm³/mol. The lowest BCUT2D eigenvalue weighted by atomic mass is 9.71. The van der Waals surface area contributed by atoms with Crippen molar-refractivity contribution in [2.24, 2.45) is 5.41 Å². The molecule has 8 nitrogen and oxygen atoms in total. The van der Waals surface area contributed by atoms with Gasteiger partial charge in [0.1, 0.15) is 23.8 Å². The molecule has 0 radical (unpaired) electrons. The SMILES string of the molecule is N#CC1(COc2nc(N3CC4CCC(C3)N4)c3cc(C(F)(F)F)c(-c4ccc(F)c5sc(N)nc45)c(F)c3n2)CCC1. The number of nitrogens with zero attached hydrogens (tertiary/aromatic N) is 5. The molecule has 3 N–H and O–H groups in total. The number of hydrogen-bond acceptors (Lipinski definition) is 9. The second-order valence-corrected chi connectivity index (χ2v) is 12.3. The number of anilines is 2. The third kappa shape index (κ3) is 4.37. The molecule has 4 heterocycles. The van der Waals surface area contributed by atoms with Crippen LogP contribution in [0, 0.1) is 28.4 Å². The molecule has 7 rings (SSSR count). The molecule has 3 aliphatic rings. The van der Waals surface area contributed by atoms with Crippen molar-refractivity contribution in [3.63, 3.8) is 0 Å². The minimum Gasteiger partial charge on any atom is -0.462 e. The van der Waals surface area contributed by atoms with E-state index in [-0.39, 0.29) is 62.3 Å². The first-order chi connectivity index (χ1) is 20.0. The third-order valence-electron chi connectivity index (χ3n) is 8.52. The van der Waals surface area contributed by atoms with E-state index in [1.165, 1.54) is 0 Å². The van der Waals surface area contributed by atoms with Crippen LogP contribution >= 0.6 is 11.3 Å². The number of thiazole rings is 1. The van der Waals surface area contributed by atoms with Crippen LogP contribution < -0.4 is 20.7 Å². The van der Waals surface area contributed by atoms with E-state index >= 15 is 4.39 Å². The lowest BCUT2D eigenvalue weighted by molar-refractivity contribution is -0.137. The zero-order valence-electron chi connectivity index (χ0n) is 22.1. The molecule has 2 bridgehead atoms. The number of halogens is 5. The van der Waals surface area contributed by atoms with Crippen LogP contribution in [-0.4, -0.2) is 46.7 Å².